The van der Waals surface area contributed by atoms with Gasteiger partial charge in [0.1, 0.15) is 6.54 Å². The number of hydrogen-bond donors (Lipinski definition) is 1. The number of para-hydroxylation sites is 2. The van der Waals surface area contributed by atoms with E-state index in [-0.39, 0.29) is 22.3 Å². The smallest absolute Gasteiger partial charge is 0.264 e. The van der Waals surface area contributed by atoms with Crippen LogP contribution >= 0.6 is 11.6 Å². The normalized spacial score (nSPS) is 21.1. The first-order valence-electron chi connectivity index (χ1n) is 16.8. The van der Waals surface area contributed by atoms with E-state index in [1.807, 2.05) is 6.07 Å². The molecular formula is C38H47ClN2O5S2. The molecule has 2 aromatic carbocycles. The first-order chi connectivity index (χ1) is 22.7. The van der Waals surface area contributed by atoms with Crippen molar-refractivity contribution < 1.29 is 26.3 Å². The molecule has 0 fully saturated rings. The third kappa shape index (κ3) is 7.97. The largest absolute Gasteiger partial charge is 0.772 e. The summed E-state index contributed by atoms with van der Waals surface area (Å²) in [6, 6.07) is 16.8. The lowest BCUT2D eigenvalue weighted by Crippen LogP contribution is -2.28. The van der Waals surface area contributed by atoms with Gasteiger partial charge in [0.2, 0.25) is 5.69 Å². The first kappa shape index (κ1) is 36.5. The Morgan fingerprint density at radius 2 is 1.65 bits per heavy atom. The molecule has 0 saturated carbocycles. The number of anilines is 1. The van der Waals surface area contributed by atoms with Crippen LogP contribution in [-0.4, -0.2) is 56.6 Å². The highest BCUT2D eigenvalue weighted by atomic mass is 35.5. The van der Waals surface area contributed by atoms with Crippen LogP contribution in [0.5, 0.6) is 0 Å². The van der Waals surface area contributed by atoms with Gasteiger partial charge in [-0.15, -0.1) is 0 Å². The summed E-state index contributed by atoms with van der Waals surface area (Å²) < 4.78 is 56.4. The van der Waals surface area contributed by atoms with Gasteiger partial charge in [0.05, 0.1) is 11.2 Å². The van der Waals surface area contributed by atoms with Gasteiger partial charge in [-0.3, -0.25) is 8.76 Å². The van der Waals surface area contributed by atoms with Crippen LogP contribution in [0.3, 0.4) is 0 Å². The van der Waals surface area contributed by atoms with Crippen molar-refractivity contribution in [1.29, 1.82) is 0 Å². The molecule has 0 aromatic heterocycles. The molecule has 0 bridgehead atoms. The SMILES string of the molecule is CC1(C)C(/C=C/C2=C(Cl)C(=C/C=C3\N(CCCCS(=O)(=O)O)c4ccccc4C3(C)C)/CCC2)=[N+](CCCCS(=O)[O-])c2ccccc21. The van der Waals surface area contributed by atoms with Gasteiger partial charge in [-0.2, -0.15) is 13.0 Å². The third-order valence-electron chi connectivity index (χ3n) is 9.92. The van der Waals surface area contributed by atoms with Crippen LogP contribution < -0.4 is 4.90 Å². The molecular weight excluding hydrogens is 664 g/mol. The van der Waals surface area contributed by atoms with Gasteiger partial charge in [-0.25, -0.2) is 0 Å². The van der Waals surface area contributed by atoms with Crippen LogP contribution in [0.15, 0.2) is 94.7 Å². The predicted octanol–water partition coefficient (Wildman–Crippen LogP) is 8.23. The van der Waals surface area contributed by atoms with Crippen LogP contribution in [0.25, 0.3) is 0 Å². The van der Waals surface area contributed by atoms with Crippen molar-refractivity contribution >= 4 is 49.9 Å². The minimum absolute atomic E-state index is 0.174. The van der Waals surface area contributed by atoms with Crippen molar-refractivity contribution in [2.24, 2.45) is 0 Å². The predicted molar refractivity (Wildman–Crippen MR) is 197 cm³/mol. The van der Waals surface area contributed by atoms with Crippen molar-refractivity contribution in [3.8, 4) is 0 Å². The molecule has 0 saturated heterocycles. The Hall–Kier alpha value is -2.82. The second-order valence-electron chi connectivity index (χ2n) is 14.0. The maximum atomic E-state index is 11.3. The fourth-order valence-electron chi connectivity index (χ4n) is 7.38. The molecule has 2 aromatic rings. The van der Waals surface area contributed by atoms with Crippen LogP contribution in [0.4, 0.5) is 11.4 Å². The molecule has 1 N–H and O–H groups in total. The molecule has 5 rings (SSSR count). The Labute approximate surface area is 293 Å². The van der Waals surface area contributed by atoms with Crippen molar-refractivity contribution in [1.82, 2.24) is 0 Å². The summed E-state index contributed by atoms with van der Waals surface area (Å²) in [7, 11) is -3.99. The van der Waals surface area contributed by atoms with E-state index in [9.17, 15) is 21.7 Å². The molecule has 48 heavy (non-hydrogen) atoms. The van der Waals surface area contributed by atoms with E-state index in [1.165, 1.54) is 22.5 Å². The molecule has 1 atom stereocenters. The standard InChI is InChI=1S/C38H47ClN2O5S2/c1-37(2)30-16-5-7-18-32(30)40(24-9-11-26-47(42)43)34(37)22-20-28-14-13-15-29(36(28)39)21-23-35-38(3,4)31-17-6-8-19-33(31)41(35)25-10-12-27-48(44,45)46/h5-8,16-23H,9-15,24-27H2,1-4H3,(H-,42,43,44,45,46). The monoisotopic (exact) mass is 710 g/mol. The van der Waals surface area contributed by atoms with Gasteiger partial charge >= 0.3 is 0 Å². The van der Waals surface area contributed by atoms with Crippen molar-refractivity contribution in [2.75, 3.05) is 29.5 Å². The van der Waals surface area contributed by atoms with Gasteiger partial charge in [0.25, 0.3) is 10.1 Å². The van der Waals surface area contributed by atoms with Crippen LogP contribution in [-0.2, 0) is 32.0 Å². The topological polar surface area (TPSA) is 101 Å². The van der Waals surface area contributed by atoms with Gasteiger partial charge in [-0.05, 0) is 81.2 Å². The second-order valence-corrected chi connectivity index (χ2v) is 16.9. The maximum absolute atomic E-state index is 11.3. The Balaban J connectivity index is 1.44. The summed E-state index contributed by atoms with van der Waals surface area (Å²) in [5.74, 6) is -0.0672. The Kier molecular flexibility index (Phi) is 11.4. The number of allylic oxidation sites excluding steroid dienone is 8. The van der Waals surface area contributed by atoms with Gasteiger partial charge in [0, 0.05) is 58.3 Å². The number of fused-ring (bicyclic) bond motifs is 2. The van der Waals surface area contributed by atoms with E-state index in [1.54, 1.807) is 0 Å². The summed E-state index contributed by atoms with van der Waals surface area (Å²) >= 11 is 5.12. The highest BCUT2D eigenvalue weighted by molar-refractivity contribution is 7.85. The van der Waals surface area contributed by atoms with E-state index in [2.05, 4.69) is 104 Å². The quantitative estimate of drug-likeness (QED) is 0.0973. The van der Waals surface area contributed by atoms with E-state index in [0.29, 0.717) is 25.8 Å². The second kappa shape index (κ2) is 15.0. The summed E-state index contributed by atoms with van der Waals surface area (Å²) in [6.45, 7) is 10.3. The van der Waals surface area contributed by atoms with E-state index >= 15 is 0 Å². The highest BCUT2D eigenvalue weighted by Gasteiger charge is 2.44. The Morgan fingerprint density at radius 1 is 0.938 bits per heavy atom. The fourth-order valence-corrected chi connectivity index (χ4v) is 8.70. The van der Waals surface area contributed by atoms with Crippen LogP contribution in [0, 0.1) is 0 Å². The lowest BCUT2D eigenvalue weighted by atomic mass is 9.81. The average molecular weight is 711 g/mol. The Morgan fingerprint density at radius 3 is 2.38 bits per heavy atom. The average Bonchev–Trinajstić information content (AvgIpc) is 3.38. The van der Waals surface area contributed by atoms with E-state index < -0.39 is 21.2 Å². The molecule has 10 heteroatoms. The molecule has 0 spiro atoms. The van der Waals surface area contributed by atoms with Crippen LogP contribution in [0.2, 0.25) is 0 Å². The molecule has 1 unspecified atom stereocenters. The van der Waals surface area contributed by atoms with E-state index in [0.717, 1.165) is 59.8 Å². The summed E-state index contributed by atoms with van der Waals surface area (Å²) in [5, 5.41) is 0.778. The minimum atomic E-state index is -3.99. The maximum Gasteiger partial charge on any atom is 0.264 e. The Bertz CT molecular complexity index is 1840. The molecule has 7 nitrogen and oxygen atoms in total. The molecule has 0 radical (unpaired) electrons. The number of halogens is 1. The van der Waals surface area contributed by atoms with Crippen molar-refractivity contribution in [2.45, 2.75) is 83.5 Å². The molecule has 2 heterocycles. The molecule has 0 amide bonds. The van der Waals surface area contributed by atoms with Gasteiger partial charge in [-0.1, -0.05) is 85.1 Å². The molecule has 3 aliphatic rings. The number of rotatable bonds is 13. The van der Waals surface area contributed by atoms with Gasteiger partial charge < -0.3 is 9.45 Å². The molecule has 2 aliphatic heterocycles. The van der Waals surface area contributed by atoms with Crippen molar-refractivity contribution in [3.05, 3.63) is 106 Å². The summed E-state index contributed by atoms with van der Waals surface area (Å²) in [5.41, 5.74) is 8.81. The number of nitrogens with zero attached hydrogens (tertiary/aromatic N) is 2. The zero-order valence-corrected chi connectivity index (χ0v) is 30.8. The summed E-state index contributed by atoms with van der Waals surface area (Å²) in [6.07, 6.45) is 13.9. The van der Waals surface area contributed by atoms with Crippen molar-refractivity contribution in [3.63, 3.8) is 0 Å². The molecule has 258 valence electrons. The zero-order chi connectivity index (χ0) is 34.7. The lowest BCUT2D eigenvalue weighted by Gasteiger charge is -2.27. The lowest BCUT2D eigenvalue weighted by molar-refractivity contribution is -0.438. The van der Waals surface area contributed by atoms with Gasteiger partial charge in [0.15, 0.2) is 5.71 Å². The number of unbranched alkanes of at least 4 members (excludes halogenated alkanes) is 2. The van der Waals surface area contributed by atoms with Crippen LogP contribution in [0.1, 0.15) is 83.8 Å². The molecule has 1 aliphatic carbocycles. The number of hydrogen-bond acceptors (Lipinski definition) is 5. The highest BCUT2D eigenvalue weighted by Crippen LogP contribution is 2.48. The fraction of sp³-hybridized carbons (Fsp3) is 0.447. The first-order valence-corrected chi connectivity index (χ1v) is 20.1. The minimum Gasteiger partial charge on any atom is -0.772 e. The zero-order valence-electron chi connectivity index (χ0n) is 28.4. The number of benzene rings is 2. The summed E-state index contributed by atoms with van der Waals surface area (Å²) in [4.78, 5) is 2.28. The third-order valence-corrected chi connectivity index (χ3v) is 11.8. The van der Waals surface area contributed by atoms with E-state index in [4.69, 9.17) is 11.6 Å².